The summed E-state index contributed by atoms with van der Waals surface area (Å²) in [7, 11) is 1.79. The van der Waals surface area contributed by atoms with Crippen molar-refractivity contribution in [3.05, 3.63) is 22.1 Å². The van der Waals surface area contributed by atoms with Crippen LogP contribution in [0.1, 0.15) is 12.7 Å². The summed E-state index contributed by atoms with van der Waals surface area (Å²) in [5, 5.41) is 19.6. The van der Waals surface area contributed by atoms with Gasteiger partial charge in [-0.3, -0.25) is 4.79 Å². The molecule has 1 heterocycles. The van der Waals surface area contributed by atoms with E-state index in [1.165, 1.54) is 10.8 Å². The number of carbonyl (C=O) groups is 1. The van der Waals surface area contributed by atoms with Crippen molar-refractivity contribution in [1.82, 2.24) is 14.5 Å². The molecule has 0 fully saturated rings. The molecule has 0 aliphatic carbocycles. The van der Waals surface area contributed by atoms with E-state index in [1.807, 2.05) is 4.90 Å². The zero-order chi connectivity index (χ0) is 14.6. The molecule has 1 aromatic rings. The molecule has 19 heavy (non-hydrogen) atoms. The van der Waals surface area contributed by atoms with Gasteiger partial charge >= 0.3 is 11.8 Å². The van der Waals surface area contributed by atoms with E-state index < -0.39 is 16.8 Å². The van der Waals surface area contributed by atoms with Crippen molar-refractivity contribution in [1.29, 1.82) is 0 Å². The summed E-state index contributed by atoms with van der Waals surface area (Å²) in [6.45, 7) is 4.66. The molecule has 0 aliphatic rings. The topological polar surface area (TPSA) is 102 Å². The Bertz CT molecular complexity index is 471. The predicted molar refractivity (Wildman–Crippen MR) is 67.9 cm³/mol. The number of hydrogen-bond acceptors (Lipinski definition) is 5. The minimum Gasteiger partial charge on any atom is -0.481 e. The van der Waals surface area contributed by atoms with E-state index in [0.29, 0.717) is 25.5 Å². The second kappa shape index (κ2) is 6.28. The lowest BCUT2D eigenvalue weighted by Gasteiger charge is -2.18. The van der Waals surface area contributed by atoms with E-state index in [1.54, 1.807) is 20.9 Å². The molecule has 8 nitrogen and oxygen atoms in total. The second-order valence-electron chi connectivity index (χ2n) is 4.57. The zero-order valence-electron chi connectivity index (χ0n) is 11.2. The molecule has 1 N–H and O–H groups in total. The fraction of sp³-hybridized carbons (Fsp3) is 0.636. The highest BCUT2D eigenvalue weighted by molar-refractivity contribution is 5.69. The van der Waals surface area contributed by atoms with Crippen LogP contribution in [0.5, 0.6) is 0 Å². The maximum absolute atomic E-state index is 10.8. The lowest BCUT2D eigenvalue weighted by atomic mass is 10.2. The van der Waals surface area contributed by atoms with Crippen molar-refractivity contribution in [2.45, 2.75) is 20.4 Å². The fourth-order valence-electron chi connectivity index (χ4n) is 1.79. The monoisotopic (exact) mass is 270 g/mol. The van der Waals surface area contributed by atoms with E-state index in [2.05, 4.69) is 4.98 Å². The number of likely N-dealkylation sites (N-methyl/N-ethyl adjacent to an activating group) is 1. The number of nitro groups is 1. The Labute approximate surface area is 110 Å². The highest BCUT2D eigenvalue weighted by Gasteiger charge is 2.19. The second-order valence-corrected chi connectivity index (χ2v) is 4.57. The first-order chi connectivity index (χ1) is 8.82. The molecular formula is C11H18N4O4. The van der Waals surface area contributed by atoms with Gasteiger partial charge in [0.2, 0.25) is 0 Å². The first-order valence-corrected chi connectivity index (χ1v) is 5.90. The third-order valence-corrected chi connectivity index (χ3v) is 2.93. The van der Waals surface area contributed by atoms with Gasteiger partial charge in [-0.25, -0.2) is 9.55 Å². The first kappa shape index (κ1) is 15.1. The molecule has 106 valence electrons. The van der Waals surface area contributed by atoms with Crippen molar-refractivity contribution in [3.63, 3.8) is 0 Å². The van der Waals surface area contributed by atoms with E-state index in [9.17, 15) is 14.9 Å². The van der Waals surface area contributed by atoms with E-state index in [-0.39, 0.29) is 5.82 Å². The maximum atomic E-state index is 10.8. The zero-order valence-corrected chi connectivity index (χ0v) is 11.2. The Morgan fingerprint density at radius 1 is 1.68 bits per heavy atom. The third-order valence-electron chi connectivity index (χ3n) is 2.93. The van der Waals surface area contributed by atoms with Crippen molar-refractivity contribution in [3.8, 4) is 0 Å². The molecule has 0 saturated carbocycles. The Kier molecular flexibility index (Phi) is 4.99. The molecule has 0 spiro atoms. The quantitative estimate of drug-likeness (QED) is 0.579. The highest BCUT2D eigenvalue weighted by atomic mass is 16.6. The number of rotatable bonds is 7. The van der Waals surface area contributed by atoms with Crippen LogP contribution in [0.25, 0.3) is 0 Å². The SMILES string of the molecule is Cc1ncc([N+](=O)[O-])n1CCN(C)CC(C)C(=O)O. The lowest BCUT2D eigenvalue weighted by molar-refractivity contribution is -0.392. The van der Waals surface area contributed by atoms with Crippen LogP contribution in [0.4, 0.5) is 5.82 Å². The van der Waals surface area contributed by atoms with Crippen molar-refractivity contribution >= 4 is 11.8 Å². The van der Waals surface area contributed by atoms with E-state index in [0.717, 1.165) is 0 Å². The number of aliphatic carboxylic acids is 1. The van der Waals surface area contributed by atoms with Gasteiger partial charge < -0.3 is 20.1 Å². The molecule has 0 amide bonds. The van der Waals surface area contributed by atoms with Gasteiger partial charge in [0.05, 0.1) is 5.92 Å². The van der Waals surface area contributed by atoms with Gasteiger partial charge in [0.15, 0.2) is 5.82 Å². The van der Waals surface area contributed by atoms with Crippen LogP contribution < -0.4 is 0 Å². The number of carboxylic acids is 1. The van der Waals surface area contributed by atoms with Crippen LogP contribution in [0.15, 0.2) is 6.20 Å². The molecule has 1 unspecified atom stereocenters. The summed E-state index contributed by atoms with van der Waals surface area (Å²) in [4.78, 5) is 26.8. The molecule has 0 aromatic carbocycles. The van der Waals surface area contributed by atoms with Crippen LogP contribution >= 0.6 is 0 Å². The largest absolute Gasteiger partial charge is 0.481 e. The number of aryl methyl sites for hydroxylation is 1. The van der Waals surface area contributed by atoms with Crippen LogP contribution in [-0.2, 0) is 11.3 Å². The van der Waals surface area contributed by atoms with Gasteiger partial charge in [0.25, 0.3) is 0 Å². The number of imidazole rings is 1. The first-order valence-electron chi connectivity index (χ1n) is 5.90. The fourth-order valence-corrected chi connectivity index (χ4v) is 1.79. The summed E-state index contributed by atoms with van der Waals surface area (Å²) in [5.74, 6) is -0.788. The third kappa shape index (κ3) is 4.02. The van der Waals surface area contributed by atoms with Gasteiger partial charge in [-0.1, -0.05) is 6.92 Å². The molecule has 0 aliphatic heterocycles. The van der Waals surface area contributed by atoms with Gasteiger partial charge in [-0.15, -0.1) is 0 Å². The number of aromatic nitrogens is 2. The minimum atomic E-state index is -0.850. The smallest absolute Gasteiger partial charge is 0.342 e. The number of carboxylic acid groups (broad SMARTS) is 1. The van der Waals surface area contributed by atoms with Crippen molar-refractivity contribution in [2.75, 3.05) is 20.1 Å². The van der Waals surface area contributed by atoms with Gasteiger partial charge in [0.1, 0.15) is 12.7 Å². The Morgan fingerprint density at radius 3 is 2.84 bits per heavy atom. The Hall–Kier alpha value is -1.96. The lowest BCUT2D eigenvalue weighted by Crippen LogP contribution is -2.31. The highest BCUT2D eigenvalue weighted by Crippen LogP contribution is 2.13. The number of hydrogen-bond donors (Lipinski definition) is 1. The molecule has 0 bridgehead atoms. The summed E-state index contributed by atoms with van der Waals surface area (Å²) in [5.41, 5.74) is 0. The average molecular weight is 270 g/mol. The Morgan fingerprint density at radius 2 is 2.32 bits per heavy atom. The maximum Gasteiger partial charge on any atom is 0.342 e. The summed E-state index contributed by atoms with van der Waals surface area (Å²) in [6, 6.07) is 0. The van der Waals surface area contributed by atoms with Crippen molar-refractivity contribution < 1.29 is 14.8 Å². The Balaban J connectivity index is 2.59. The molecule has 0 saturated heterocycles. The van der Waals surface area contributed by atoms with Crippen molar-refractivity contribution in [2.24, 2.45) is 5.92 Å². The van der Waals surface area contributed by atoms with E-state index in [4.69, 9.17) is 5.11 Å². The molecule has 1 atom stereocenters. The summed E-state index contributed by atoms with van der Waals surface area (Å²) < 4.78 is 1.52. The predicted octanol–water partition coefficient (Wildman–Crippen LogP) is 0.752. The average Bonchev–Trinajstić information content (AvgIpc) is 2.67. The summed E-state index contributed by atoms with van der Waals surface area (Å²) in [6.07, 6.45) is 1.23. The van der Waals surface area contributed by atoms with Crippen LogP contribution in [0, 0.1) is 23.0 Å². The van der Waals surface area contributed by atoms with Gasteiger partial charge in [-0.05, 0) is 12.0 Å². The van der Waals surface area contributed by atoms with Crippen LogP contribution in [0.2, 0.25) is 0 Å². The summed E-state index contributed by atoms with van der Waals surface area (Å²) >= 11 is 0. The van der Waals surface area contributed by atoms with E-state index >= 15 is 0 Å². The molecule has 1 rings (SSSR count). The van der Waals surface area contributed by atoms with Gasteiger partial charge in [0, 0.05) is 20.0 Å². The molecule has 0 radical (unpaired) electrons. The normalized spacial score (nSPS) is 12.6. The molecule has 8 heteroatoms. The van der Waals surface area contributed by atoms with Crippen LogP contribution in [-0.4, -0.2) is 50.6 Å². The molecular weight excluding hydrogens is 252 g/mol. The van der Waals surface area contributed by atoms with Gasteiger partial charge in [-0.2, -0.15) is 0 Å². The molecule has 1 aromatic heterocycles. The number of nitrogens with zero attached hydrogens (tertiary/aromatic N) is 4. The standard InChI is InChI=1S/C11H18N4O4/c1-8(11(16)17)7-13(3)4-5-14-9(2)12-6-10(14)15(18)19/h6,8H,4-5,7H2,1-3H3,(H,16,17). The van der Waals surface area contributed by atoms with Crippen LogP contribution in [0.3, 0.4) is 0 Å². The minimum absolute atomic E-state index is 0.0443.